The summed E-state index contributed by atoms with van der Waals surface area (Å²) < 4.78 is 67.2. The number of hydrogen-bond donors (Lipinski definition) is 5. The quantitative estimate of drug-likeness (QED) is 0.0899. The maximum atomic E-state index is 13.0. The Kier molecular flexibility index (Phi) is 21.6. The number of ether oxygens (including phenoxy) is 8. The number of carbonyl (C=O) groups is 3. The minimum absolute atomic E-state index is 0.0451. The first-order valence-corrected chi connectivity index (χ1v) is 23.1. The summed E-state index contributed by atoms with van der Waals surface area (Å²) in [5, 5.41) is 33.0. The third-order valence-corrected chi connectivity index (χ3v) is 12.0. The van der Waals surface area contributed by atoms with Crippen molar-refractivity contribution < 1.29 is 86.5 Å². The molecule has 0 spiro atoms. The molecule has 3 rings (SSSR count). The highest BCUT2D eigenvalue weighted by Crippen LogP contribution is 2.45. The number of cyclic esters (lactones) is 1. The number of phosphoric acid groups is 1. The maximum Gasteiger partial charge on any atom is 0.470 e. The first-order chi connectivity index (χ1) is 29.1. The van der Waals surface area contributed by atoms with Crippen molar-refractivity contribution in [2.24, 2.45) is 11.8 Å². The van der Waals surface area contributed by atoms with E-state index in [1.807, 2.05) is 6.92 Å². The Hall–Kier alpha value is -2.36. The highest BCUT2D eigenvalue weighted by molar-refractivity contribution is 7.46. The van der Waals surface area contributed by atoms with E-state index in [0.29, 0.717) is 12.8 Å². The van der Waals surface area contributed by atoms with Crippen molar-refractivity contribution in [3.05, 3.63) is 24.3 Å². The van der Waals surface area contributed by atoms with Gasteiger partial charge in [-0.2, -0.15) is 0 Å². The molecule has 0 aromatic carbocycles. The molecule has 2 fully saturated rings. The number of aliphatic hydroxyl groups is 3. The number of aliphatic hydroxyl groups excluding tert-OH is 3. The van der Waals surface area contributed by atoms with E-state index >= 15 is 0 Å². The normalized spacial score (nSPS) is 39.1. The summed E-state index contributed by atoms with van der Waals surface area (Å²) >= 11 is 0. The predicted molar refractivity (Wildman–Crippen MR) is 222 cm³/mol. The summed E-state index contributed by atoms with van der Waals surface area (Å²) in [5.74, 6) is -2.90. The molecule has 5 N–H and O–H groups in total. The van der Waals surface area contributed by atoms with Crippen molar-refractivity contribution in [3.8, 4) is 0 Å². The van der Waals surface area contributed by atoms with E-state index in [-0.39, 0.29) is 38.7 Å². The van der Waals surface area contributed by atoms with Gasteiger partial charge in [-0.3, -0.25) is 18.9 Å². The van der Waals surface area contributed by atoms with E-state index in [1.165, 1.54) is 7.11 Å². The number of hydrogen-bond acceptors (Lipinski definition) is 17. The average molecular weight is 910 g/mol. The fourth-order valence-electron chi connectivity index (χ4n) is 8.41. The fourth-order valence-corrected chi connectivity index (χ4v) is 8.95. The summed E-state index contributed by atoms with van der Waals surface area (Å²) in [4.78, 5) is 60.7. The second kappa shape index (κ2) is 24.8. The number of likely N-dealkylation sites (N-methyl/N-ethyl adjacent to an activating group) is 1. The molecule has 3 aliphatic heterocycles. The zero-order valence-corrected chi connectivity index (χ0v) is 38.7. The van der Waals surface area contributed by atoms with E-state index in [4.69, 9.17) is 42.4 Å². The summed E-state index contributed by atoms with van der Waals surface area (Å²) in [6.07, 6.45) is -6.22. The Morgan fingerprint density at radius 2 is 1.66 bits per heavy atom. The minimum atomic E-state index is -5.33. The van der Waals surface area contributed by atoms with Crippen molar-refractivity contribution in [1.82, 2.24) is 4.90 Å². The molecule has 0 amide bonds. The van der Waals surface area contributed by atoms with Crippen molar-refractivity contribution in [2.45, 2.75) is 185 Å². The maximum absolute atomic E-state index is 13.0. The van der Waals surface area contributed by atoms with Crippen LogP contribution in [0.4, 0.5) is 0 Å². The molecule has 2 saturated heterocycles. The van der Waals surface area contributed by atoms with Crippen LogP contribution in [0.15, 0.2) is 24.3 Å². The molecule has 62 heavy (non-hydrogen) atoms. The van der Waals surface area contributed by atoms with Gasteiger partial charge in [-0.05, 0) is 72.9 Å². The van der Waals surface area contributed by atoms with Gasteiger partial charge in [0.15, 0.2) is 24.3 Å². The molecule has 16 atom stereocenters. The molecule has 0 radical (unpaired) electrons. The van der Waals surface area contributed by atoms with E-state index in [0.717, 1.165) is 0 Å². The molecular formula is C42H72NO18P. The van der Waals surface area contributed by atoms with Gasteiger partial charge in [0.2, 0.25) is 0 Å². The highest BCUT2D eigenvalue weighted by atomic mass is 31.2. The number of carbonyl (C=O) groups excluding carboxylic acids is 3. The molecule has 0 aliphatic carbocycles. The van der Waals surface area contributed by atoms with Crippen molar-refractivity contribution >= 4 is 25.7 Å². The molecule has 0 bridgehead atoms. The van der Waals surface area contributed by atoms with Gasteiger partial charge < -0.3 is 67.9 Å². The zero-order valence-electron chi connectivity index (χ0n) is 37.8. The zero-order chi connectivity index (χ0) is 46.5. The lowest BCUT2D eigenvalue weighted by Crippen LogP contribution is -2.66. The predicted octanol–water partition coefficient (Wildman–Crippen LogP) is 3.07. The van der Waals surface area contributed by atoms with Gasteiger partial charge in [-0.1, -0.05) is 45.1 Å². The highest BCUT2D eigenvalue weighted by Gasteiger charge is 2.56. The summed E-state index contributed by atoms with van der Waals surface area (Å²) in [5.41, 5.74) is -1.40. The number of phosphoric ester groups is 1. The Labute approximate surface area is 365 Å². The van der Waals surface area contributed by atoms with Gasteiger partial charge in [0.25, 0.3) is 0 Å². The van der Waals surface area contributed by atoms with Crippen LogP contribution in [0.5, 0.6) is 0 Å². The Morgan fingerprint density at radius 1 is 0.968 bits per heavy atom. The van der Waals surface area contributed by atoms with E-state index in [2.05, 4.69) is 0 Å². The molecule has 19 nitrogen and oxygen atoms in total. The van der Waals surface area contributed by atoms with Crippen molar-refractivity contribution in [3.63, 3.8) is 0 Å². The third kappa shape index (κ3) is 15.7. The Morgan fingerprint density at radius 3 is 2.26 bits per heavy atom. The van der Waals surface area contributed by atoms with Gasteiger partial charge >= 0.3 is 25.7 Å². The molecule has 0 saturated carbocycles. The van der Waals surface area contributed by atoms with E-state index in [1.54, 1.807) is 84.8 Å². The van der Waals surface area contributed by atoms with Crippen LogP contribution in [-0.2, 0) is 61.4 Å². The summed E-state index contributed by atoms with van der Waals surface area (Å²) in [6, 6.07) is -1.05. The molecule has 0 aromatic heterocycles. The number of nitrogens with zero attached hydrogens (tertiary/aromatic N) is 1. The van der Waals surface area contributed by atoms with Gasteiger partial charge in [0.1, 0.15) is 24.4 Å². The van der Waals surface area contributed by atoms with Crippen LogP contribution in [0.1, 0.15) is 99.8 Å². The Bertz CT molecular complexity index is 1530. The van der Waals surface area contributed by atoms with Crippen LogP contribution in [0.2, 0.25) is 0 Å². The standard InChI is InChI=1S/C42H72NO18P/c1-11-16-32(48)57-40-27(6)55-34(23-42(40,7)60-31(47)12-2)58-36-26(5)56-41(39(35(36)43(8)9)61-62(50,51)52)59-37-28(19-20-44)21-24(3)29(45)18-15-13-14-17-25(4)54-33(49)22-30(46)38(37)53-10/h13-15,18,24-30,34-41,44-46H,11-12,16-17,19-23H2,1-10H3,(H2,50,51,52)/b14-13+,18-15+/t24-,25-,26-,27+,28+,29+,30-,34+,35+,36-,37+,38+,39-,40+,41+,42-/m1/s1. The Balaban J connectivity index is 2.09. The second-order valence-corrected chi connectivity index (χ2v) is 18.2. The first kappa shape index (κ1) is 54.0. The van der Waals surface area contributed by atoms with Crippen LogP contribution in [0, 0.1) is 11.8 Å². The molecule has 0 unspecified atom stereocenters. The topological polar surface area (TPSA) is 256 Å². The number of allylic oxidation sites excluding steroid dienone is 2. The summed E-state index contributed by atoms with van der Waals surface area (Å²) in [6.45, 7) is 11.5. The lowest BCUT2D eigenvalue weighted by molar-refractivity contribution is -0.343. The third-order valence-electron chi connectivity index (χ3n) is 11.5. The molecule has 3 aliphatic rings. The molecule has 0 aromatic rings. The van der Waals surface area contributed by atoms with Gasteiger partial charge in [0, 0.05) is 39.4 Å². The van der Waals surface area contributed by atoms with Crippen molar-refractivity contribution in [1.29, 1.82) is 0 Å². The number of methoxy groups -OCH3 is 1. The van der Waals surface area contributed by atoms with Crippen LogP contribution in [0.3, 0.4) is 0 Å². The number of rotatable bonds is 15. The molecular weight excluding hydrogens is 837 g/mol. The lowest BCUT2D eigenvalue weighted by Gasteiger charge is -2.51. The van der Waals surface area contributed by atoms with Gasteiger partial charge in [-0.15, -0.1) is 0 Å². The van der Waals surface area contributed by atoms with E-state index in [9.17, 15) is 44.1 Å². The second-order valence-electron chi connectivity index (χ2n) is 17.0. The van der Waals surface area contributed by atoms with Gasteiger partial charge in [-0.25, -0.2) is 4.57 Å². The molecule has 20 heteroatoms. The van der Waals surface area contributed by atoms with Crippen LogP contribution in [0.25, 0.3) is 0 Å². The smallest absolute Gasteiger partial charge is 0.462 e. The van der Waals surface area contributed by atoms with Crippen LogP contribution in [-0.4, -0.2) is 161 Å². The van der Waals surface area contributed by atoms with Gasteiger partial charge in [0.05, 0.1) is 43.0 Å². The van der Waals surface area contributed by atoms with Crippen LogP contribution >= 0.6 is 7.82 Å². The average Bonchev–Trinajstić information content (AvgIpc) is 3.16. The molecule has 358 valence electrons. The van der Waals surface area contributed by atoms with Crippen molar-refractivity contribution in [2.75, 3.05) is 27.8 Å². The van der Waals surface area contributed by atoms with Crippen LogP contribution < -0.4 is 0 Å². The number of esters is 3. The molecule has 3 heterocycles. The largest absolute Gasteiger partial charge is 0.470 e. The minimum Gasteiger partial charge on any atom is -0.462 e. The summed E-state index contributed by atoms with van der Waals surface area (Å²) in [7, 11) is -0.764. The lowest BCUT2D eigenvalue weighted by atomic mass is 9.82. The monoisotopic (exact) mass is 909 g/mol. The van der Waals surface area contributed by atoms with E-state index < -0.39 is 129 Å². The first-order valence-electron chi connectivity index (χ1n) is 21.5. The fraction of sp³-hybridized carbons (Fsp3) is 0.833. The SMILES string of the molecule is CCCC(=O)O[C@H]1[C@H](C)O[C@@H](O[C@H]2[C@H](N(C)C)[C@@H](OP(=O)(O)O)[C@H](O[C@H]3[C@@H](CCO)C[C@@H](C)[C@@H](O)/C=C/C=C/C[C@@H](C)OC(=O)C[C@@H](O)[C@@H]3OC)O[C@@H]2C)C[C@@]1(C)OC(=O)CC.